The summed E-state index contributed by atoms with van der Waals surface area (Å²) in [7, 11) is -2.59. The molecule has 0 spiro atoms. The van der Waals surface area contributed by atoms with Gasteiger partial charge in [0.25, 0.3) is 0 Å². The summed E-state index contributed by atoms with van der Waals surface area (Å²) >= 11 is 0. The molecule has 0 fully saturated rings. The minimum absolute atomic E-state index is 0.196. The number of benzene rings is 4. The number of hydrogen-bond donors (Lipinski definition) is 0. The van der Waals surface area contributed by atoms with Gasteiger partial charge in [-0.1, -0.05) is 126 Å². The quantitative estimate of drug-likeness (QED) is 0.0911. The topological polar surface area (TPSA) is 60.2 Å². The van der Waals surface area contributed by atoms with Crippen molar-refractivity contribution in [3.8, 4) is 0 Å². The fourth-order valence-corrected chi connectivity index (χ4v) is 7.12. The summed E-state index contributed by atoms with van der Waals surface area (Å²) in [5, 5.41) is 7.36. The number of nitrogens with zero attached hydrogens (tertiary/aromatic N) is 2. The average Bonchev–Trinajstić information content (AvgIpc) is 2.91. The average molecular weight is 468 g/mol. The lowest BCUT2D eigenvalue weighted by molar-refractivity contribution is 0.0613. The van der Waals surface area contributed by atoms with Crippen LogP contribution in [0.25, 0.3) is 0 Å². The lowest BCUT2D eigenvalue weighted by Crippen LogP contribution is -2.26. The minimum atomic E-state index is -2.59. The molecule has 6 heteroatoms. The SMILES string of the molecule is CCOC(=O)O/N=C(\N=P(c1ccccc1)(c1ccccc1)c1ccccc1)c1ccccc1. The molecule has 0 aromatic heterocycles. The van der Waals surface area contributed by atoms with Crippen LogP contribution in [0.3, 0.4) is 0 Å². The molecule has 0 saturated heterocycles. The third-order valence-corrected chi connectivity index (χ3v) is 8.76. The summed E-state index contributed by atoms with van der Waals surface area (Å²) < 4.78 is 10.3. The Bertz CT molecular complexity index is 1190. The molecule has 0 unspecified atom stereocenters. The molecule has 170 valence electrons. The number of hydrogen-bond acceptors (Lipinski definition) is 4. The maximum atomic E-state index is 12.0. The standard InChI is InChI=1S/C28H25N2O3P/c1-2-32-28(31)33-29-27(23-15-7-3-8-16-23)30-34(24-17-9-4-10-18-24,25-19-11-5-12-20-25)26-21-13-6-14-22-26/h3-22H,2H2,1H3/b29-27-. The Kier molecular flexibility index (Phi) is 7.69. The third-order valence-electron chi connectivity index (χ3n) is 5.14. The smallest absolute Gasteiger partial charge is 0.433 e. The van der Waals surface area contributed by atoms with Crippen LogP contribution in [0, 0.1) is 0 Å². The molecular weight excluding hydrogens is 443 g/mol. The summed E-state index contributed by atoms with van der Waals surface area (Å²) in [4.78, 5) is 17.1. The van der Waals surface area contributed by atoms with Crippen molar-refractivity contribution >= 4 is 35.0 Å². The van der Waals surface area contributed by atoms with Crippen LogP contribution in [0.4, 0.5) is 4.79 Å². The number of carbonyl (C=O) groups excluding carboxylic acids is 1. The Morgan fingerprint density at radius 2 is 1.09 bits per heavy atom. The summed E-state index contributed by atoms with van der Waals surface area (Å²) in [5.74, 6) is 0.318. The molecule has 0 bridgehead atoms. The molecule has 4 aromatic rings. The van der Waals surface area contributed by atoms with E-state index in [-0.39, 0.29) is 6.61 Å². The Labute approximate surface area is 199 Å². The second-order valence-corrected chi connectivity index (χ2v) is 10.3. The molecule has 0 amide bonds. The summed E-state index contributed by atoms with van der Waals surface area (Å²) in [6.07, 6.45) is -0.866. The Balaban J connectivity index is 2.06. The molecule has 0 aliphatic carbocycles. The lowest BCUT2D eigenvalue weighted by atomic mass is 10.2. The van der Waals surface area contributed by atoms with Crippen LogP contribution in [0.5, 0.6) is 0 Å². The number of rotatable bonds is 6. The van der Waals surface area contributed by atoms with Crippen molar-refractivity contribution < 1.29 is 14.4 Å². The van der Waals surface area contributed by atoms with Gasteiger partial charge in [0.2, 0.25) is 0 Å². The number of amidine groups is 1. The van der Waals surface area contributed by atoms with Gasteiger partial charge in [-0.05, 0) is 6.92 Å². The van der Waals surface area contributed by atoms with Crippen LogP contribution in [0.2, 0.25) is 0 Å². The second kappa shape index (κ2) is 11.3. The van der Waals surface area contributed by atoms with E-state index in [1.807, 2.05) is 84.9 Å². The number of ether oxygens (including phenoxy) is 1. The van der Waals surface area contributed by atoms with Crippen molar-refractivity contribution in [3.05, 3.63) is 127 Å². The van der Waals surface area contributed by atoms with Crippen molar-refractivity contribution in [2.24, 2.45) is 9.90 Å². The highest BCUT2D eigenvalue weighted by atomic mass is 31.2. The molecule has 0 heterocycles. The molecule has 0 atom stereocenters. The fourth-order valence-electron chi connectivity index (χ4n) is 3.63. The van der Waals surface area contributed by atoms with Crippen molar-refractivity contribution in [1.29, 1.82) is 0 Å². The normalized spacial score (nSPS) is 11.5. The van der Waals surface area contributed by atoms with Gasteiger partial charge in [0, 0.05) is 21.5 Å². The maximum Gasteiger partial charge on any atom is 0.535 e. The highest BCUT2D eigenvalue weighted by Gasteiger charge is 2.28. The predicted molar refractivity (Wildman–Crippen MR) is 139 cm³/mol. The van der Waals surface area contributed by atoms with E-state index in [2.05, 4.69) is 41.6 Å². The first-order chi connectivity index (χ1) is 16.7. The van der Waals surface area contributed by atoms with E-state index in [0.29, 0.717) is 5.84 Å². The van der Waals surface area contributed by atoms with Gasteiger partial charge in [0.1, 0.15) is 0 Å². The summed E-state index contributed by atoms with van der Waals surface area (Å²) in [6, 6.07) is 40.1. The maximum absolute atomic E-state index is 12.0. The van der Waals surface area contributed by atoms with Crippen molar-refractivity contribution in [2.45, 2.75) is 6.92 Å². The first-order valence-corrected chi connectivity index (χ1v) is 12.7. The molecule has 0 saturated carbocycles. The molecule has 0 aliphatic heterocycles. The van der Waals surface area contributed by atoms with E-state index in [4.69, 9.17) is 14.3 Å². The molecule has 0 N–H and O–H groups in total. The first-order valence-electron chi connectivity index (χ1n) is 11.0. The Morgan fingerprint density at radius 3 is 1.50 bits per heavy atom. The van der Waals surface area contributed by atoms with Crippen molar-refractivity contribution in [2.75, 3.05) is 6.61 Å². The van der Waals surface area contributed by atoms with Crippen LogP contribution < -0.4 is 15.9 Å². The van der Waals surface area contributed by atoms with Gasteiger partial charge in [-0.2, -0.15) is 0 Å². The van der Waals surface area contributed by atoms with Crippen LogP contribution in [0.1, 0.15) is 12.5 Å². The third kappa shape index (κ3) is 5.16. The van der Waals surface area contributed by atoms with Gasteiger partial charge < -0.3 is 4.74 Å². The highest BCUT2D eigenvalue weighted by molar-refractivity contribution is 7.87. The first kappa shape index (κ1) is 23.2. The van der Waals surface area contributed by atoms with Gasteiger partial charge in [-0.25, -0.2) is 9.54 Å². The number of carbonyl (C=O) groups is 1. The van der Waals surface area contributed by atoms with Gasteiger partial charge in [0.15, 0.2) is 5.84 Å². The Hall–Kier alpha value is -3.95. The zero-order valence-corrected chi connectivity index (χ0v) is 19.7. The van der Waals surface area contributed by atoms with Crippen molar-refractivity contribution in [1.82, 2.24) is 0 Å². The van der Waals surface area contributed by atoms with E-state index >= 15 is 0 Å². The summed E-state index contributed by atoms with van der Waals surface area (Å²) in [6.45, 7) is 1.91. The van der Waals surface area contributed by atoms with E-state index in [1.165, 1.54) is 0 Å². The number of oxime groups is 1. The van der Waals surface area contributed by atoms with Gasteiger partial charge in [-0.15, -0.1) is 0 Å². The van der Waals surface area contributed by atoms with Crippen molar-refractivity contribution in [3.63, 3.8) is 0 Å². The minimum Gasteiger partial charge on any atom is -0.433 e. The molecule has 4 aromatic carbocycles. The van der Waals surface area contributed by atoms with Crippen LogP contribution >= 0.6 is 7.05 Å². The molecule has 0 radical (unpaired) electrons. The zero-order chi connectivity index (χ0) is 23.6. The monoisotopic (exact) mass is 468 g/mol. The summed E-state index contributed by atoms with van der Waals surface area (Å²) in [5.41, 5.74) is 0.735. The molecule has 0 aliphatic rings. The van der Waals surface area contributed by atoms with E-state index in [9.17, 15) is 4.79 Å². The fraction of sp³-hybridized carbons (Fsp3) is 0.0714. The van der Waals surface area contributed by atoms with E-state index < -0.39 is 13.2 Å². The van der Waals surface area contributed by atoms with E-state index in [1.54, 1.807) is 6.92 Å². The van der Waals surface area contributed by atoms with Crippen LogP contribution in [0.15, 0.2) is 131 Å². The van der Waals surface area contributed by atoms with Crippen LogP contribution in [-0.4, -0.2) is 18.6 Å². The van der Waals surface area contributed by atoms with Gasteiger partial charge >= 0.3 is 6.16 Å². The van der Waals surface area contributed by atoms with Gasteiger partial charge in [-0.3, -0.25) is 4.84 Å². The molecule has 4 rings (SSSR count). The molecule has 5 nitrogen and oxygen atoms in total. The van der Waals surface area contributed by atoms with Gasteiger partial charge in [0.05, 0.1) is 13.7 Å². The predicted octanol–water partition coefficient (Wildman–Crippen LogP) is 5.70. The zero-order valence-electron chi connectivity index (χ0n) is 18.8. The molecular formula is C28H25N2O3P. The largest absolute Gasteiger partial charge is 0.535 e. The Morgan fingerprint density at radius 1 is 0.676 bits per heavy atom. The molecule has 34 heavy (non-hydrogen) atoms. The second-order valence-electron chi connectivity index (χ2n) is 7.30. The van der Waals surface area contributed by atoms with Crippen LogP contribution in [-0.2, 0) is 9.57 Å². The lowest BCUT2D eigenvalue weighted by Gasteiger charge is -2.27. The van der Waals surface area contributed by atoms with E-state index in [0.717, 1.165) is 21.5 Å². The highest BCUT2D eigenvalue weighted by Crippen LogP contribution is 2.47.